The average molecular weight is 370 g/mol. The molecule has 4 rings (SSSR count). The Balaban J connectivity index is 1.53. The molecule has 2 aromatic carbocycles. The molecule has 2 heterocycles. The molecule has 0 saturated heterocycles. The first kappa shape index (κ1) is 17.7. The Bertz CT molecular complexity index is 1090. The Hall–Kier alpha value is -3.67. The van der Waals surface area contributed by atoms with Crippen LogP contribution in [0.1, 0.15) is 11.3 Å². The Morgan fingerprint density at radius 1 is 0.893 bits per heavy atom. The number of para-hydroxylation sites is 1. The third-order valence-electron chi connectivity index (χ3n) is 4.55. The molecule has 0 aliphatic carbocycles. The van der Waals surface area contributed by atoms with E-state index < -0.39 is 0 Å². The molecule has 2 aromatic heterocycles. The van der Waals surface area contributed by atoms with E-state index >= 15 is 0 Å². The van der Waals surface area contributed by atoms with Crippen LogP contribution < -0.4 is 16.4 Å². The number of aryl methyl sites for hydroxylation is 1. The number of nitrogens with zero attached hydrogens (tertiary/aromatic N) is 3. The van der Waals surface area contributed by atoms with Crippen molar-refractivity contribution in [2.45, 2.75) is 13.3 Å². The Morgan fingerprint density at radius 3 is 2.57 bits per heavy atom. The molecule has 6 heteroatoms. The number of nitrogens with one attached hydrogen (secondary N) is 2. The van der Waals surface area contributed by atoms with E-state index in [1.807, 2.05) is 49.4 Å². The molecule has 4 N–H and O–H groups in total. The highest BCUT2D eigenvalue weighted by Gasteiger charge is 2.10. The predicted molar refractivity (Wildman–Crippen MR) is 115 cm³/mol. The van der Waals surface area contributed by atoms with Gasteiger partial charge in [0.05, 0.1) is 11.2 Å². The van der Waals surface area contributed by atoms with E-state index in [9.17, 15) is 0 Å². The maximum atomic E-state index is 6.31. The number of hydrogen-bond donors (Lipinski definition) is 3. The monoisotopic (exact) mass is 370 g/mol. The number of nitrogen functional groups attached to an aromatic ring is 1. The summed E-state index contributed by atoms with van der Waals surface area (Å²) in [6, 6.07) is 20.3. The fourth-order valence-electron chi connectivity index (χ4n) is 3.08. The summed E-state index contributed by atoms with van der Waals surface area (Å²) in [5.74, 6) is 1.19. The van der Waals surface area contributed by atoms with Gasteiger partial charge in [0.15, 0.2) is 11.6 Å². The van der Waals surface area contributed by atoms with Gasteiger partial charge in [-0.2, -0.15) is 0 Å². The van der Waals surface area contributed by atoms with E-state index in [1.165, 1.54) is 11.9 Å². The van der Waals surface area contributed by atoms with Crippen molar-refractivity contribution in [2.75, 3.05) is 22.9 Å². The largest absolute Gasteiger partial charge is 0.393 e. The molecule has 6 nitrogen and oxygen atoms in total. The molecule has 0 aliphatic heterocycles. The van der Waals surface area contributed by atoms with Crippen LogP contribution in [0.15, 0.2) is 67.0 Å². The number of nitrogens with two attached hydrogens (primary N) is 1. The van der Waals surface area contributed by atoms with Crippen molar-refractivity contribution in [1.29, 1.82) is 0 Å². The van der Waals surface area contributed by atoms with Crippen molar-refractivity contribution in [3.05, 3.63) is 78.2 Å². The quantitative estimate of drug-likeness (QED) is 0.469. The zero-order valence-corrected chi connectivity index (χ0v) is 15.7. The van der Waals surface area contributed by atoms with Gasteiger partial charge < -0.3 is 16.4 Å². The van der Waals surface area contributed by atoms with Gasteiger partial charge in [0.2, 0.25) is 0 Å². The Kier molecular flexibility index (Phi) is 5.01. The van der Waals surface area contributed by atoms with E-state index in [0.717, 1.165) is 35.2 Å². The van der Waals surface area contributed by atoms with Gasteiger partial charge in [0, 0.05) is 17.6 Å². The average Bonchev–Trinajstić information content (AvgIpc) is 2.72. The summed E-state index contributed by atoms with van der Waals surface area (Å²) in [5.41, 5.74) is 10.8. The minimum Gasteiger partial charge on any atom is -0.393 e. The summed E-state index contributed by atoms with van der Waals surface area (Å²) in [5, 5.41) is 7.67. The van der Waals surface area contributed by atoms with Crippen molar-refractivity contribution in [3.63, 3.8) is 0 Å². The minimum absolute atomic E-state index is 0.486. The predicted octanol–water partition coefficient (Wildman–Crippen LogP) is 4.31. The van der Waals surface area contributed by atoms with Crippen molar-refractivity contribution in [2.24, 2.45) is 0 Å². The summed E-state index contributed by atoms with van der Waals surface area (Å²) in [7, 11) is 0. The molecule has 4 aromatic rings. The normalized spacial score (nSPS) is 10.8. The zero-order valence-electron chi connectivity index (χ0n) is 15.7. The molecule has 0 radical (unpaired) electrons. The summed E-state index contributed by atoms with van der Waals surface area (Å²) in [6.45, 7) is 2.71. The first-order valence-corrected chi connectivity index (χ1v) is 9.22. The third-order valence-corrected chi connectivity index (χ3v) is 4.55. The van der Waals surface area contributed by atoms with Crippen LogP contribution in [-0.2, 0) is 6.42 Å². The summed E-state index contributed by atoms with van der Waals surface area (Å²) in [6.07, 6.45) is 2.40. The highest BCUT2D eigenvalue weighted by molar-refractivity contribution is 5.93. The highest BCUT2D eigenvalue weighted by Crippen LogP contribution is 2.29. The van der Waals surface area contributed by atoms with E-state index in [2.05, 4.69) is 43.8 Å². The van der Waals surface area contributed by atoms with Gasteiger partial charge in [-0.3, -0.25) is 4.98 Å². The molecular formula is C22H22N6. The van der Waals surface area contributed by atoms with Crippen LogP contribution in [0.4, 0.5) is 23.0 Å². The fraction of sp³-hybridized carbons (Fsp3) is 0.136. The van der Waals surface area contributed by atoms with Crippen LogP contribution >= 0.6 is 0 Å². The molecule has 0 saturated carbocycles. The number of fused-ring (bicyclic) bond motifs is 1. The van der Waals surface area contributed by atoms with Crippen LogP contribution in [0.25, 0.3) is 10.9 Å². The van der Waals surface area contributed by atoms with Gasteiger partial charge in [-0.25, -0.2) is 9.97 Å². The van der Waals surface area contributed by atoms with Gasteiger partial charge >= 0.3 is 0 Å². The smallest absolute Gasteiger partial charge is 0.159 e. The molecule has 0 aliphatic rings. The standard InChI is InChI=1S/C22H22N6/c1-15-10-11-17-8-5-9-18(20(17)27-15)28-22-19(23)21(25-14-26-22)24-13-12-16-6-3-2-4-7-16/h2-11,14H,12-13,23H2,1H3,(H2,24,25,26,28). The first-order valence-electron chi connectivity index (χ1n) is 9.22. The minimum atomic E-state index is 0.486. The molecule has 140 valence electrons. The third kappa shape index (κ3) is 3.86. The molecular weight excluding hydrogens is 348 g/mol. The Morgan fingerprint density at radius 2 is 1.71 bits per heavy atom. The lowest BCUT2D eigenvalue weighted by atomic mass is 10.1. The van der Waals surface area contributed by atoms with Crippen molar-refractivity contribution in [1.82, 2.24) is 15.0 Å². The number of hydrogen-bond acceptors (Lipinski definition) is 6. The molecule has 0 amide bonds. The highest BCUT2D eigenvalue weighted by atomic mass is 15.1. The summed E-state index contributed by atoms with van der Waals surface area (Å²) >= 11 is 0. The lowest BCUT2D eigenvalue weighted by Crippen LogP contribution is -2.10. The number of rotatable bonds is 6. The summed E-state index contributed by atoms with van der Waals surface area (Å²) < 4.78 is 0. The van der Waals surface area contributed by atoms with Crippen molar-refractivity contribution >= 4 is 33.9 Å². The lowest BCUT2D eigenvalue weighted by molar-refractivity contribution is 1.00. The van der Waals surface area contributed by atoms with Crippen molar-refractivity contribution < 1.29 is 0 Å². The molecule has 0 atom stereocenters. The van der Waals surface area contributed by atoms with Gasteiger partial charge in [-0.1, -0.05) is 48.5 Å². The first-order chi connectivity index (χ1) is 13.7. The van der Waals surface area contributed by atoms with Gasteiger partial charge in [0.25, 0.3) is 0 Å². The number of pyridine rings is 1. The van der Waals surface area contributed by atoms with Crippen LogP contribution in [0.3, 0.4) is 0 Å². The van der Waals surface area contributed by atoms with Crippen LogP contribution in [0.5, 0.6) is 0 Å². The van der Waals surface area contributed by atoms with E-state index in [1.54, 1.807) is 0 Å². The Labute approximate surface area is 163 Å². The SMILES string of the molecule is Cc1ccc2cccc(Nc3ncnc(NCCc4ccccc4)c3N)c2n1. The maximum absolute atomic E-state index is 6.31. The topological polar surface area (TPSA) is 88.8 Å². The van der Waals surface area contributed by atoms with Gasteiger partial charge in [0.1, 0.15) is 12.0 Å². The number of anilines is 4. The summed E-state index contributed by atoms with van der Waals surface area (Å²) in [4.78, 5) is 13.2. The zero-order chi connectivity index (χ0) is 19.3. The molecule has 0 spiro atoms. The van der Waals surface area contributed by atoms with E-state index in [0.29, 0.717) is 17.3 Å². The van der Waals surface area contributed by atoms with Gasteiger partial charge in [-0.15, -0.1) is 0 Å². The van der Waals surface area contributed by atoms with Crippen LogP contribution in [-0.4, -0.2) is 21.5 Å². The van der Waals surface area contributed by atoms with Crippen LogP contribution in [0, 0.1) is 6.92 Å². The molecule has 28 heavy (non-hydrogen) atoms. The number of aromatic nitrogens is 3. The van der Waals surface area contributed by atoms with E-state index in [-0.39, 0.29) is 0 Å². The second-order valence-corrected chi connectivity index (χ2v) is 6.60. The molecule has 0 unspecified atom stereocenters. The van der Waals surface area contributed by atoms with E-state index in [4.69, 9.17) is 5.73 Å². The van der Waals surface area contributed by atoms with Gasteiger partial charge in [-0.05, 0) is 31.0 Å². The second kappa shape index (κ2) is 7.92. The van der Waals surface area contributed by atoms with Crippen molar-refractivity contribution in [3.8, 4) is 0 Å². The maximum Gasteiger partial charge on any atom is 0.159 e. The van der Waals surface area contributed by atoms with Crippen LogP contribution in [0.2, 0.25) is 0 Å². The molecule has 0 fully saturated rings. The second-order valence-electron chi connectivity index (χ2n) is 6.60. The number of benzene rings is 2. The fourth-order valence-corrected chi connectivity index (χ4v) is 3.08. The lowest BCUT2D eigenvalue weighted by Gasteiger charge is -2.14. The molecule has 0 bridgehead atoms.